The SMILES string of the molecule is CC.CNC.CNC(=O)CN1CCNCCN(CC=O)CCNCC1. The Balaban J connectivity index is 0. The molecular formula is C17H40N6O2. The molecule has 1 saturated heterocycles. The highest BCUT2D eigenvalue weighted by Crippen LogP contribution is 1.89. The number of likely N-dealkylation sites (N-methyl/N-ethyl adjacent to an activating group) is 1. The number of nitrogens with one attached hydrogen (secondary N) is 4. The normalized spacial score (nSPS) is 17.5. The summed E-state index contributed by atoms with van der Waals surface area (Å²) in [5.41, 5.74) is 0. The predicted molar refractivity (Wildman–Crippen MR) is 105 cm³/mol. The third-order valence-electron chi connectivity index (χ3n) is 3.40. The van der Waals surface area contributed by atoms with Crippen molar-refractivity contribution in [2.45, 2.75) is 13.8 Å². The third-order valence-corrected chi connectivity index (χ3v) is 3.40. The van der Waals surface area contributed by atoms with Gasteiger partial charge >= 0.3 is 0 Å². The van der Waals surface area contributed by atoms with Gasteiger partial charge in [-0.1, -0.05) is 13.8 Å². The molecule has 0 saturated carbocycles. The molecule has 1 fully saturated rings. The van der Waals surface area contributed by atoms with Gasteiger partial charge in [0.05, 0.1) is 13.1 Å². The van der Waals surface area contributed by atoms with Gasteiger partial charge in [-0.05, 0) is 14.1 Å². The van der Waals surface area contributed by atoms with Gasteiger partial charge in [-0.25, -0.2) is 0 Å². The molecule has 8 nitrogen and oxygen atoms in total. The summed E-state index contributed by atoms with van der Waals surface area (Å²) in [6.07, 6.45) is 0.955. The van der Waals surface area contributed by atoms with Crippen LogP contribution in [-0.4, -0.2) is 109 Å². The molecule has 25 heavy (non-hydrogen) atoms. The predicted octanol–water partition coefficient (Wildman–Crippen LogP) is -1.41. The Labute approximate surface area is 154 Å². The van der Waals surface area contributed by atoms with E-state index in [0.717, 1.165) is 58.6 Å². The van der Waals surface area contributed by atoms with Crippen molar-refractivity contribution in [1.29, 1.82) is 0 Å². The van der Waals surface area contributed by atoms with Gasteiger partial charge in [-0.2, -0.15) is 0 Å². The van der Waals surface area contributed by atoms with Gasteiger partial charge < -0.3 is 26.1 Å². The number of rotatable bonds is 4. The summed E-state index contributed by atoms with van der Waals surface area (Å²) >= 11 is 0. The van der Waals surface area contributed by atoms with E-state index in [1.165, 1.54) is 0 Å². The van der Waals surface area contributed by atoms with Gasteiger partial charge in [-0.3, -0.25) is 14.6 Å². The fourth-order valence-electron chi connectivity index (χ4n) is 2.15. The van der Waals surface area contributed by atoms with E-state index in [4.69, 9.17) is 0 Å². The molecule has 0 aromatic carbocycles. The van der Waals surface area contributed by atoms with Crippen LogP contribution in [-0.2, 0) is 9.59 Å². The van der Waals surface area contributed by atoms with Crippen LogP contribution in [0.3, 0.4) is 0 Å². The molecule has 1 rings (SSSR count). The molecule has 0 aromatic rings. The van der Waals surface area contributed by atoms with E-state index in [9.17, 15) is 9.59 Å². The van der Waals surface area contributed by atoms with Crippen LogP contribution in [0.1, 0.15) is 13.8 Å². The smallest absolute Gasteiger partial charge is 0.233 e. The van der Waals surface area contributed by atoms with Crippen LogP contribution < -0.4 is 21.3 Å². The summed E-state index contributed by atoms with van der Waals surface area (Å²) < 4.78 is 0. The van der Waals surface area contributed by atoms with Gasteiger partial charge in [0.15, 0.2) is 0 Å². The largest absolute Gasteiger partial charge is 0.358 e. The third kappa shape index (κ3) is 17.6. The molecule has 8 heteroatoms. The number of aldehydes is 1. The summed E-state index contributed by atoms with van der Waals surface area (Å²) in [6, 6.07) is 0. The van der Waals surface area contributed by atoms with Crippen molar-refractivity contribution in [3.05, 3.63) is 0 Å². The van der Waals surface area contributed by atoms with Crippen LogP contribution >= 0.6 is 0 Å². The fourth-order valence-corrected chi connectivity index (χ4v) is 2.15. The van der Waals surface area contributed by atoms with E-state index in [2.05, 4.69) is 31.1 Å². The molecule has 0 bridgehead atoms. The second-order valence-corrected chi connectivity index (χ2v) is 5.42. The minimum atomic E-state index is 0.0502. The van der Waals surface area contributed by atoms with E-state index < -0.39 is 0 Å². The topological polar surface area (TPSA) is 88.7 Å². The van der Waals surface area contributed by atoms with Gasteiger partial charge in [0.2, 0.25) is 5.91 Å². The van der Waals surface area contributed by atoms with E-state index in [1.54, 1.807) is 7.05 Å². The molecule has 0 spiro atoms. The molecular weight excluding hydrogens is 320 g/mol. The lowest BCUT2D eigenvalue weighted by Crippen LogP contribution is -2.45. The quantitative estimate of drug-likeness (QED) is 0.458. The first kappa shape index (κ1) is 26.2. The Kier molecular flexibility index (Phi) is 22.0. The van der Waals surface area contributed by atoms with Crippen LogP contribution in [0.25, 0.3) is 0 Å². The average molecular weight is 361 g/mol. The number of amides is 1. The van der Waals surface area contributed by atoms with Crippen molar-refractivity contribution in [3.8, 4) is 0 Å². The number of hydrogen-bond donors (Lipinski definition) is 4. The van der Waals surface area contributed by atoms with E-state index in [1.807, 2.05) is 27.9 Å². The molecule has 0 aromatic heterocycles. The van der Waals surface area contributed by atoms with Gasteiger partial charge in [0, 0.05) is 59.4 Å². The number of carbonyl (C=O) groups excluding carboxylic acids is 2. The highest BCUT2D eigenvalue weighted by Gasteiger charge is 2.10. The summed E-state index contributed by atoms with van der Waals surface area (Å²) in [7, 11) is 5.41. The summed E-state index contributed by atoms with van der Waals surface area (Å²) in [4.78, 5) is 26.3. The molecule has 150 valence electrons. The van der Waals surface area contributed by atoms with E-state index in [0.29, 0.717) is 13.1 Å². The minimum absolute atomic E-state index is 0.0502. The lowest BCUT2D eigenvalue weighted by Gasteiger charge is -2.25. The van der Waals surface area contributed by atoms with Crippen LogP contribution in [0.15, 0.2) is 0 Å². The zero-order chi connectivity index (χ0) is 19.3. The van der Waals surface area contributed by atoms with E-state index >= 15 is 0 Å². The minimum Gasteiger partial charge on any atom is -0.358 e. The molecule has 0 atom stereocenters. The van der Waals surface area contributed by atoms with Crippen LogP contribution in [0.4, 0.5) is 0 Å². The molecule has 1 aliphatic heterocycles. The lowest BCUT2D eigenvalue weighted by molar-refractivity contribution is -0.121. The monoisotopic (exact) mass is 360 g/mol. The maximum atomic E-state index is 11.4. The summed E-state index contributed by atoms with van der Waals surface area (Å²) in [5.74, 6) is 0.0502. The zero-order valence-electron chi connectivity index (χ0n) is 16.9. The second-order valence-electron chi connectivity index (χ2n) is 5.42. The highest BCUT2D eigenvalue weighted by atomic mass is 16.2. The first-order valence-electron chi connectivity index (χ1n) is 9.26. The first-order chi connectivity index (χ1) is 12.2. The maximum Gasteiger partial charge on any atom is 0.233 e. The Morgan fingerprint density at radius 2 is 1.32 bits per heavy atom. The average Bonchev–Trinajstić information content (AvgIpc) is 2.61. The highest BCUT2D eigenvalue weighted by molar-refractivity contribution is 5.77. The van der Waals surface area contributed by atoms with Gasteiger partial charge in [-0.15, -0.1) is 0 Å². The Morgan fingerprint density at radius 3 is 1.68 bits per heavy atom. The first-order valence-corrected chi connectivity index (χ1v) is 9.26. The van der Waals surface area contributed by atoms with Crippen molar-refractivity contribution in [1.82, 2.24) is 31.1 Å². The molecule has 0 unspecified atom stereocenters. The number of hydrogen-bond acceptors (Lipinski definition) is 7. The summed E-state index contributed by atoms with van der Waals surface area (Å²) in [5, 5.41) is 12.1. The van der Waals surface area contributed by atoms with Crippen LogP contribution in [0.5, 0.6) is 0 Å². The standard InChI is InChI=1S/C13H27N5O2.C2H7N.C2H6/c1-14-13(20)12-18-8-4-15-2-6-17(10-11-19)7-3-16-5-9-18;1-3-2;1-2/h11,15-16H,2-10,12H2,1H3,(H,14,20);3H,1-2H3;1-2H3. The van der Waals surface area contributed by atoms with Crippen molar-refractivity contribution in [3.63, 3.8) is 0 Å². The van der Waals surface area contributed by atoms with E-state index in [-0.39, 0.29) is 5.91 Å². The molecule has 1 heterocycles. The molecule has 0 aliphatic carbocycles. The van der Waals surface area contributed by atoms with Gasteiger partial charge in [0.25, 0.3) is 0 Å². The van der Waals surface area contributed by atoms with Crippen LogP contribution in [0.2, 0.25) is 0 Å². The molecule has 0 radical (unpaired) electrons. The van der Waals surface area contributed by atoms with Crippen molar-refractivity contribution >= 4 is 12.2 Å². The van der Waals surface area contributed by atoms with Crippen LogP contribution in [0, 0.1) is 0 Å². The number of carbonyl (C=O) groups is 2. The lowest BCUT2D eigenvalue weighted by atomic mass is 10.3. The van der Waals surface area contributed by atoms with Crippen molar-refractivity contribution < 1.29 is 9.59 Å². The Hall–Kier alpha value is -1.06. The fraction of sp³-hybridized carbons (Fsp3) is 0.882. The van der Waals surface area contributed by atoms with Crippen molar-refractivity contribution in [2.24, 2.45) is 0 Å². The van der Waals surface area contributed by atoms with Gasteiger partial charge in [0.1, 0.15) is 6.29 Å². The zero-order valence-corrected chi connectivity index (χ0v) is 16.9. The Bertz CT molecular complexity index is 291. The molecule has 1 aliphatic rings. The summed E-state index contributed by atoms with van der Waals surface area (Å²) in [6.45, 7) is 11.8. The molecule has 4 N–H and O–H groups in total. The molecule has 1 amide bonds. The Morgan fingerprint density at radius 1 is 0.920 bits per heavy atom. The maximum absolute atomic E-state index is 11.4. The second kappa shape index (κ2) is 21.0. The number of nitrogens with zero attached hydrogens (tertiary/aromatic N) is 2. The van der Waals surface area contributed by atoms with Crippen molar-refractivity contribution in [2.75, 3.05) is 86.6 Å².